The number of aromatic nitrogens is 5. The summed E-state index contributed by atoms with van der Waals surface area (Å²) in [5.41, 5.74) is 3.00. The van der Waals surface area contributed by atoms with Gasteiger partial charge in [0.1, 0.15) is 0 Å². The minimum absolute atomic E-state index is 0.0554. The van der Waals surface area contributed by atoms with Crippen molar-refractivity contribution in [2.45, 2.75) is 13.1 Å². The summed E-state index contributed by atoms with van der Waals surface area (Å²) in [6, 6.07) is 20.9. The van der Waals surface area contributed by atoms with Crippen LogP contribution in [0.2, 0.25) is 0 Å². The topological polar surface area (TPSA) is 97.1 Å². The molecule has 2 N–H and O–H groups in total. The van der Waals surface area contributed by atoms with Crippen molar-refractivity contribution in [3.63, 3.8) is 0 Å². The fourth-order valence-electron chi connectivity index (χ4n) is 4.57. The fourth-order valence-corrected chi connectivity index (χ4v) is 4.57. The number of anilines is 3. The minimum Gasteiger partial charge on any atom is -0.324 e. The van der Waals surface area contributed by atoms with E-state index in [-0.39, 0.29) is 17.1 Å². The lowest BCUT2D eigenvalue weighted by Gasteiger charge is -2.12. The molecule has 4 heterocycles. The molecule has 11 heteroatoms. The Labute approximate surface area is 238 Å². The third kappa shape index (κ3) is 5.27. The van der Waals surface area contributed by atoms with Crippen LogP contribution in [0.25, 0.3) is 28.0 Å². The molecule has 4 aromatic heterocycles. The first kappa shape index (κ1) is 26.6. The van der Waals surface area contributed by atoms with E-state index in [0.717, 1.165) is 17.2 Å². The van der Waals surface area contributed by atoms with E-state index >= 15 is 0 Å². The van der Waals surface area contributed by atoms with E-state index in [4.69, 9.17) is 0 Å². The normalized spacial score (nSPS) is 11.4. The van der Waals surface area contributed by atoms with Crippen molar-refractivity contribution in [3.8, 4) is 22.5 Å². The quantitative estimate of drug-likeness (QED) is 0.222. The maximum Gasteiger partial charge on any atom is 0.417 e. The lowest BCUT2D eigenvalue weighted by Crippen LogP contribution is -2.16. The summed E-state index contributed by atoms with van der Waals surface area (Å²) in [4.78, 5) is 30.8. The summed E-state index contributed by atoms with van der Waals surface area (Å²) in [5.74, 6) is -0.285. The maximum absolute atomic E-state index is 13.8. The van der Waals surface area contributed by atoms with Crippen LogP contribution in [0.1, 0.15) is 21.7 Å². The van der Waals surface area contributed by atoms with Gasteiger partial charge in [-0.05, 0) is 61.0 Å². The van der Waals surface area contributed by atoms with Crippen LogP contribution in [0.5, 0.6) is 0 Å². The number of imidazole rings is 1. The highest BCUT2D eigenvalue weighted by molar-refractivity contribution is 6.04. The number of nitrogens with zero attached hydrogens (tertiary/aromatic N) is 5. The third-order valence-corrected chi connectivity index (χ3v) is 6.59. The molecule has 0 radical (unpaired) electrons. The van der Waals surface area contributed by atoms with Crippen LogP contribution >= 0.6 is 0 Å². The van der Waals surface area contributed by atoms with Crippen LogP contribution in [0, 0.1) is 6.92 Å². The lowest BCUT2D eigenvalue weighted by atomic mass is 10.0. The highest BCUT2D eigenvalue weighted by atomic mass is 19.4. The Bertz CT molecular complexity index is 1920. The average molecular weight is 566 g/mol. The fraction of sp³-hybridized carbons (Fsp3) is 0.0645. The van der Waals surface area contributed by atoms with Gasteiger partial charge < -0.3 is 10.6 Å². The van der Waals surface area contributed by atoms with Crippen molar-refractivity contribution in [1.82, 2.24) is 24.3 Å². The van der Waals surface area contributed by atoms with Gasteiger partial charge in [-0.1, -0.05) is 30.3 Å². The van der Waals surface area contributed by atoms with Gasteiger partial charge in [0.05, 0.1) is 22.5 Å². The van der Waals surface area contributed by atoms with Crippen LogP contribution < -0.4 is 10.6 Å². The minimum atomic E-state index is -4.59. The van der Waals surface area contributed by atoms with Crippen molar-refractivity contribution < 1.29 is 18.0 Å². The second-order valence-electron chi connectivity index (χ2n) is 9.40. The van der Waals surface area contributed by atoms with Gasteiger partial charge in [0.25, 0.3) is 5.91 Å². The van der Waals surface area contributed by atoms with E-state index in [2.05, 4.69) is 30.6 Å². The summed E-state index contributed by atoms with van der Waals surface area (Å²) in [6.07, 6.45) is 2.03. The number of carbonyl (C=O) groups is 1. The Hall–Kier alpha value is -5.58. The number of benzene rings is 2. The van der Waals surface area contributed by atoms with E-state index in [1.165, 1.54) is 22.6 Å². The first-order chi connectivity index (χ1) is 20.3. The molecule has 0 saturated heterocycles. The molecule has 0 aliphatic heterocycles. The lowest BCUT2D eigenvalue weighted by molar-refractivity contribution is -0.137. The number of carbonyl (C=O) groups excluding carboxylic acids is 1. The SMILES string of the molecule is Cc1ccc(NC(=O)c2nc(-c3ccccc3C(F)(F)F)c3ccccn23)cc1Nc1nccc(-c2cccnc2)n1. The molecular weight excluding hydrogens is 543 g/mol. The van der Waals surface area contributed by atoms with E-state index in [0.29, 0.717) is 28.5 Å². The zero-order valence-corrected chi connectivity index (χ0v) is 22.1. The largest absolute Gasteiger partial charge is 0.417 e. The molecule has 8 nitrogen and oxygen atoms in total. The number of nitrogens with one attached hydrogen (secondary N) is 2. The molecule has 0 aliphatic carbocycles. The second-order valence-corrected chi connectivity index (χ2v) is 9.40. The molecule has 0 spiro atoms. The van der Waals surface area contributed by atoms with E-state index in [9.17, 15) is 18.0 Å². The molecule has 0 bridgehead atoms. The summed E-state index contributed by atoms with van der Waals surface area (Å²) >= 11 is 0. The maximum atomic E-state index is 13.8. The van der Waals surface area contributed by atoms with Gasteiger partial charge in [-0.15, -0.1) is 0 Å². The molecule has 6 rings (SSSR count). The molecule has 0 saturated carbocycles. The Kier molecular flexibility index (Phi) is 6.83. The van der Waals surface area contributed by atoms with Crippen LogP contribution in [0.15, 0.2) is 104 Å². The third-order valence-electron chi connectivity index (χ3n) is 6.59. The summed E-state index contributed by atoms with van der Waals surface area (Å²) in [5, 5.41) is 6.01. The number of halogens is 3. The monoisotopic (exact) mass is 565 g/mol. The average Bonchev–Trinajstić information content (AvgIpc) is 3.39. The van der Waals surface area contributed by atoms with E-state index in [1.807, 2.05) is 25.1 Å². The van der Waals surface area contributed by atoms with Gasteiger partial charge in [0.15, 0.2) is 0 Å². The molecule has 0 aliphatic rings. The number of alkyl halides is 3. The summed E-state index contributed by atoms with van der Waals surface area (Å²) < 4.78 is 42.8. The van der Waals surface area contributed by atoms with Gasteiger partial charge in [0, 0.05) is 47.3 Å². The van der Waals surface area contributed by atoms with Crippen molar-refractivity contribution in [1.29, 1.82) is 0 Å². The van der Waals surface area contributed by atoms with E-state index < -0.39 is 17.6 Å². The Balaban J connectivity index is 1.30. The number of pyridine rings is 2. The van der Waals surface area contributed by atoms with Gasteiger partial charge in [0.2, 0.25) is 11.8 Å². The highest BCUT2D eigenvalue weighted by Gasteiger charge is 2.34. The van der Waals surface area contributed by atoms with Gasteiger partial charge in [-0.2, -0.15) is 13.2 Å². The molecule has 208 valence electrons. The predicted octanol–water partition coefficient (Wildman–Crippen LogP) is 7.18. The number of hydrogen-bond acceptors (Lipinski definition) is 6. The summed E-state index contributed by atoms with van der Waals surface area (Å²) in [6.45, 7) is 1.89. The van der Waals surface area contributed by atoms with Crippen molar-refractivity contribution in [2.24, 2.45) is 0 Å². The zero-order valence-electron chi connectivity index (χ0n) is 22.1. The molecule has 1 amide bonds. The van der Waals surface area contributed by atoms with Crippen LogP contribution in [-0.2, 0) is 6.18 Å². The first-order valence-electron chi connectivity index (χ1n) is 12.8. The number of rotatable bonds is 6. The molecule has 0 unspecified atom stereocenters. The predicted molar refractivity (Wildman–Crippen MR) is 153 cm³/mol. The molecule has 2 aromatic carbocycles. The van der Waals surface area contributed by atoms with Gasteiger partial charge in [-0.3, -0.25) is 14.2 Å². The molecule has 0 fully saturated rings. The van der Waals surface area contributed by atoms with Crippen LogP contribution in [0.4, 0.5) is 30.5 Å². The number of hydrogen-bond donors (Lipinski definition) is 2. The Morgan fingerprint density at radius 3 is 2.55 bits per heavy atom. The highest BCUT2D eigenvalue weighted by Crippen LogP contribution is 2.38. The molecular formula is C31H22F3N7O. The number of aryl methyl sites for hydroxylation is 1. The van der Waals surface area contributed by atoms with Crippen molar-refractivity contribution in [3.05, 3.63) is 121 Å². The Morgan fingerprint density at radius 1 is 0.905 bits per heavy atom. The first-order valence-corrected chi connectivity index (χ1v) is 12.8. The van der Waals surface area contributed by atoms with Gasteiger partial charge in [-0.25, -0.2) is 15.0 Å². The smallest absolute Gasteiger partial charge is 0.324 e. The van der Waals surface area contributed by atoms with Crippen molar-refractivity contribution >= 4 is 28.7 Å². The zero-order chi connectivity index (χ0) is 29.3. The number of fused-ring (bicyclic) bond motifs is 1. The standard InChI is InChI=1S/C31H22F3N7O/c1-19-11-12-21(17-25(19)39-30-36-15-13-24(38-30)20-7-6-14-35-18-20)37-29(42)28-40-27(26-10-4-5-16-41(26)28)22-8-2-3-9-23(22)31(32,33)34/h2-18H,1H3,(H,37,42)(H,36,38,39). The van der Waals surface area contributed by atoms with E-state index in [1.54, 1.807) is 61.2 Å². The van der Waals surface area contributed by atoms with Crippen LogP contribution in [0.3, 0.4) is 0 Å². The van der Waals surface area contributed by atoms with Crippen molar-refractivity contribution in [2.75, 3.05) is 10.6 Å². The molecule has 0 atom stereocenters. The molecule has 42 heavy (non-hydrogen) atoms. The van der Waals surface area contributed by atoms with Gasteiger partial charge >= 0.3 is 6.18 Å². The Morgan fingerprint density at radius 2 is 1.74 bits per heavy atom. The number of amides is 1. The summed E-state index contributed by atoms with van der Waals surface area (Å²) in [7, 11) is 0. The van der Waals surface area contributed by atoms with Crippen LogP contribution in [-0.4, -0.2) is 30.2 Å². The molecule has 6 aromatic rings. The second kappa shape index (κ2) is 10.8.